The predicted molar refractivity (Wildman–Crippen MR) is 154 cm³/mol. The molecule has 0 amide bonds. The minimum absolute atomic E-state index is 0.00371. The molecule has 7 bridgehead atoms. The predicted octanol–water partition coefficient (Wildman–Crippen LogP) is 3.35. The average Bonchev–Trinajstić information content (AvgIpc) is 3.40. The Labute approximate surface area is 252 Å². The van der Waals surface area contributed by atoms with E-state index < -0.39 is 23.1 Å². The van der Waals surface area contributed by atoms with E-state index in [4.69, 9.17) is 38.2 Å². The third-order valence-corrected chi connectivity index (χ3v) is 12.3. The van der Waals surface area contributed by atoms with E-state index in [1.165, 1.54) is 6.92 Å². The molecule has 1 heterocycles. The molecule has 1 spiro atoms. The SMILES string of the molecule is COCC12C=NC3C4C(OC)C1C3(C(OC)CC2)C1CC2C(OC)CC4(OC(C)=O)C1C2OC(=O)c1ccc(OC)cc1. The second kappa shape index (κ2) is 10.3. The lowest BCUT2D eigenvalue weighted by Crippen LogP contribution is -2.71. The number of esters is 2. The molecule has 0 saturated heterocycles. The van der Waals surface area contributed by atoms with Crippen molar-refractivity contribution < 1.29 is 42.7 Å². The summed E-state index contributed by atoms with van der Waals surface area (Å²) in [5, 5.41) is 0. The summed E-state index contributed by atoms with van der Waals surface area (Å²) in [4.78, 5) is 32.1. The molecule has 13 atom stereocenters. The molecule has 1 aromatic rings. The third-order valence-electron chi connectivity index (χ3n) is 12.3. The van der Waals surface area contributed by atoms with E-state index in [0.29, 0.717) is 24.3 Å². The van der Waals surface area contributed by atoms with Crippen LogP contribution in [0.3, 0.4) is 0 Å². The summed E-state index contributed by atoms with van der Waals surface area (Å²) in [7, 11) is 8.58. The van der Waals surface area contributed by atoms with Crippen molar-refractivity contribution in [3.63, 3.8) is 0 Å². The fourth-order valence-electron chi connectivity index (χ4n) is 11.4. The summed E-state index contributed by atoms with van der Waals surface area (Å²) in [5.74, 6) is -0.680. The van der Waals surface area contributed by atoms with Crippen molar-refractivity contribution in [3.05, 3.63) is 29.8 Å². The van der Waals surface area contributed by atoms with Crippen molar-refractivity contribution in [2.24, 2.45) is 45.4 Å². The number of methoxy groups -OCH3 is 5. The molecule has 43 heavy (non-hydrogen) atoms. The van der Waals surface area contributed by atoms with E-state index in [1.54, 1.807) is 59.8 Å². The van der Waals surface area contributed by atoms with Crippen molar-refractivity contribution in [2.45, 2.75) is 68.7 Å². The molecule has 0 radical (unpaired) electrons. The lowest BCUT2D eigenvalue weighted by atomic mass is 9.44. The van der Waals surface area contributed by atoms with Crippen molar-refractivity contribution in [2.75, 3.05) is 42.2 Å². The second-order valence-electron chi connectivity index (χ2n) is 13.5. The first-order valence-electron chi connectivity index (χ1n) is 15.4. The van der Waals surface area contributed by atoms with Gasteiger partial charge in [-0.25, -0.2) is 4.79 Å². The van der Waals surface area contributed by atoms with Crippen molar-refractivity contribution in [1.82, 2.24) is 0 Å². The Kier molecular flexibility index (Phi) is 6.96. The fraction of sp³-hybridized carbons (Fsp3) is 0.727. The Morgan fingerprint density at radius 1 is 0.977 bits per heavy atom. The molecule has 5 aliphatic carbocycles. The van der Waals surface area contributed by atoms with Crippen LogP contribution in [0, 0.1) is 40.4 Å². The summed E-state index contributed by atoms with van der Waals surface area (Å²) >= 11 is 0. The highest BCUT2D eigenvalue weighted by atomic mass is 16.6. The second-order valence-corrected chi connectivity index (χ2v) is 13.5. The van der Waals surface area contributed by atoms with Crippen LogP contribution in [-0.2, 0) is 33.2 Å². The zero-order chi connectivity index (χ0) is 30.3. The summed E-state index contributed by atoms with van der Waals surface area (Å²) < 4.78 is 43.3. The maximum absolute atomic E-state index is 13.7. The van der Waals surface area contributed by atoms with Crippen LogP contribution in [-0.4, -0.2) is 96.4 Å². The molecule has 10 heteroatoms. The monoisotopic (exact) mass is 597 g/mol. The highest BCUT2D eigenvalue weighted by Crippen LogP contribution is 2.79. The van der Waals surface area contributed by atoms with E-state index in [9.17, 15) is 9.59 Å². The Bertz CT molecular complexity index is 1300. The van der Waals surface area contributed by atoms with Crippen molar-refractivity contribution in [1.29, 1.82) is 0 Å². The van der Waals surface area contributed by atoms with Gasteiger partial charge in [0.25, 0.3) is 0 Å². The number of carbonyl (C=O) groups is 2. The molecule has 5 saturated carbocycles. The van der Waals surface area contributed by atoms with E-state index in [1.807, 2.05) is 0 Å². The van der Waals surface area contributed by atoms with Crippen LogP contribution in [0.1, 0.15) is 43.0 Å². The molecule has 1 aromatic carbocycles. The van der Waals surface area contributed by atoms with E-state index >= 15 is 0 Å². The van der Waals surface area contributed by atoms with Gasteiger partial charge in [-0.15, -0.1) is 0 Å². The highest BCUT2D eigenvalue weighted by Gasteiger charge is 2.87. The molecule has 10 nitrogen and oxygen atoms in total. The van der Waals surface area contributed by atoms with Crippen LogP contribution in [0.25, 0.3) is 0 Å². The van der Waals surface area contributed by atoms with Crippen molar-refractivity contribution in [3.8, 4) is 5.75 Å². The number of aliphatic imine (C=N–C) groups is 1. The molecule has 6 aliphatic rings. The minimum atomic E-state index is -0.998. The molecular formula is C33H43NO9. The lowest BCUT2D eigenvalue weighted by Gasteiger charge is -2.64. The number of carbonyl (C=O) groups excluding carboxylic acids is 2. The largest absolute Gasteiger partial charge is 0.497 e. The molecule has 7 rings (SSSR count). The zero-order valence-corrected chi connectivity index (χ0v) is 25.8. The standard InChI is InChI=1S/C33H43NO9/c1-17(35)43-32-14-22(39-4)20-13-21(24(32)26(20)42-30(36)18-7-9-19(38-3)10-8-18)33-23(40-5)11-12-31(16-37-2)15-34-29(33)25(32)27(41-6)28(31)33/h7-10,15,20-29H,11-14,16H2,1-6H3. The summed E-state index contributed by atoms with van der Waals surface area (Å²) in [6.07, 6.45) is 3.96. The van der Waals surface area contributed by atoms with E-state index in [-0.39, 0.29) is 65.3 Å². The number of fused-ring (bicyclic) bond motifs is 2. The average molecular weight is 598 g/mol. The minimum Gasteiger partial charge on any atom is -0.497 e. The Morgan fingerprint density at radius 2 is 1.74 bits per heavy atom. The lowest BCUT2D eigenvalue weighted by molar-refractivity contribution is -0.244. The first kappa shape index (κ1) is 29.2. The van der Waals surface area contributed by atoms with Gasteiger partial charge in [-0.05, 0) is 49.4 Å². The third kappa shape index (κ3) is 3.64. The summed E-state index contributed by atoms with van der Waals surface area (Å²) in [5.41, 5.74) is -1.29. The van der Waals surface area contributed by atoms with Gasteiger partial charge in [0.15, 0.2) is 0 Å². The molecule has 1 aliphatic heterocycles. The summed E-state index contributed by atoms with van der Waals surface area (Å²) in [6, 6.07) is 6.76. The molecule has 13 unspecified atom stereocenters. The van der Waals surface area contributed by atoms with Crippen LogP contribution < -0.4 is 4.74 Å². The maximum Gasteiger partial charge on any atom is 0.338 e. The van der Waals surface area contributed by atoms with Gasteiger partial charge in [0, 0.05) is 82.5 Å². The van der Waals surface area contributed by atoms with Gasteiger partial charge in [0.05, 0.1) is 43.6 Å². The van der Waals surface area contributed by atoms with Crippen LogP contribution in [0.15, 0.2) is 29.3 Å². The molecule has 0 aromatic heterocycles. The molecule has 0 N–H and O–H groups in total. The van der Waals surface area contributed by atoms with Crippen LogP contribution in [0.5, 0.6) is 5.75 Å². The van der Waals surface area contributed by atoms with Gasteiger partial charge in [0.2, 0.25) is 0 Å². The fourth-order valence-corrected chi connectivity index (χ4v) is 11.4. The van der Waals surface area contributed by atoms with Gasteiger partial charge in [0.1, 0.15) is 17.5 Å². The Hall–Kier alpha value is -2.53. The number of hydrogen-bond donors (Lipinski definition) is 0. The first-order valence-corrected chi connectivity index (χ1v) is 15.4. The number of benzene rings is 1. The van der Waals surface area contributed by atoms with E-state index in [0.717, 1.165) is 19.3 Å². The quantitative estimate of drug-likeness (QED) is 0.396. The van der Waals surface area contributed by atoms with Gasteiger partial charge < -0.3 is 33.2 Å². The van der Waals surface area contributed by atoms with Crippen LogP contribution >= 0.6 is 0 Å². The smallest absolute Gasteiger partial charge is 0.338 e. The van der Waals surface area contributed by atoms with Gasteiger partial charge >= 0.3 is 11.9 Å². The Balaban J connectivity index is 1.41. The van der Waals surface area contributed by atoms with Crippen LogP contribution in [0.2, 0.25) is 0 Å². The van der Waals surface area contributed by atoms with Gasteiger partial charge in [-0.2, -0.15) is 0 Å². The maximum atomic E-state index is 13.7. The van der Waals surface area contributed by atoms with Crippen molar-refractivity contribution >= 4 is 18.2 Å². The van der Waals surface area contributed by atoms with Gasteiger partial charge in [-0.3, -0.25) is 9.79 Å². The Morgan fingerprint density at radius 3 is 2.37 bits per heavy atom. The molecular weight excluding hydrogens is 554 g/mol. The molecule has 234 valence electrons. The number of ether oxygens (including phenoxy) is 7. The van der Waals surface area contributed by atoms with Gasteiger partial charge in [-0.1, -0.05) is 0 Å². The number of rotatable bonds is 9. The summed E-state index contributed by atoms with van der Waals surface area (Å²) in [6.45, 7) is 1.99. The zero-order valence-electron chi connectivity index (χ0n) is 25.8. The topological polar surface area (TPSA) is 111 Å². The van der Waals surface area contributed by atoms with Crippen LogP contribution in [0.4, 0.5) is 0 Å². The van der Waals surface area contributed by atoms with E-state index in [2.05, 4.69) is 6.21 Å². The molecule has 5 fully saturated rings. The highest BCUT2D eigenvalue weighted by molar-refractivity contribution is 5.89. The first-order chi connectivity index (χ1) is 20.8. The number of nitrogens with zero attached hydrogens (tertiary/aromatic N) is 1. The number of hydrogen-bond acceptors (Lipinski definition) is 10. The normalized spacial score (nSPS) is 46.4.